The Hall–Kier alpha value is -2.61. The molecule has 0 saturated carbocycles. The summed E-state index contributed by atoms with van der Waals surface area (Å²) in [5.74, 6) is -0.000697. The topological polar surface area (TPSA) is 103 Å². The number of nitrogens with zero attached hydrogens (tertiary/aromatic N) is 2. The van der Waals surface area contributed by atoms with Crippen molar-refractivity contribution in [3.05, 3.63) is 54.4 Å². The predicted molar refractivity (Wildman–Crippen MR) is 115 cm³/mol. The molecular weight excluding hydrogens is 382 g/mol. The normalized spacial score (nSPS) is 27.5. The molecule has 160 valence electrons. The first kappa shape index (κ1) is 20.7. The molecule has 0 amide bonds. The fourth-order valence-corrected chi connectivity index (χ4v) is 4.39. The highest BCUT2D eigenvalue weighted by molar-refractivity contribution is 5.85. The Morgan fingerprint density at radius 1 is 1.30 bits per heavy atom. The Kier molecular flexibility index (Phi) is 5.44. The molecule has 0 bridgehead atoms. The maximum atomic E-state index is 10.6. The van der Waals surface area contributed by atoms with Crippen LogP contribution in [-0.2, 0) is 16.1 Å². The van der Waals surface area contributed by atoms with Crippen LogP contribution in [0.2, 0.25) is 0 Å². The number of anilines is 1. The van der Waals surface area contributed by atoms with E-state index >= 15 is 0 Å². The molecule has 4 N–H and O–H groups in total. The van der Waals surface area contributed by atoms with Gasteiger partial charge in [-0.25, -0.2) is 4.98 Å². The number of fused-ring (bicyclic) bond motifs is 1. The number of aromatic nitrogens is 2. The Bertz CT molecular complexity index is 1020. The Morgan fingerprint density at radius 3 is 2.70 bits per heavy atom. The SMILES string of the molecule is CCC1C(n2cnc3c(O)cc(N)cc32)OC(C)(C(C)O)C1OCc1ccccc1. The lowest BCUT2D eigenvalue weighted by atomic mass is 9.85. The highest BCUT2D eigenvalue weighted by Crippen LogP contribution is 2.47. The third kappa shape index (κ3) is 3.43. The second-order valence-corrected chi connectivity index (χ2v) is 8.22. The summed E-state index contributed by atoms with van der Waals surface area (Å²) < 4.78 is 14.7. The maximum absolute atomic E-state index is 10.6. The lowest BCUT2D eigenvalue weighted by Gasteiger charge is -2.34. The van der Waals surface area contributed by atoms with Crippen LogP contribution in [0.3, 0.4) is 0 Å². The largest absolute Gasteiger partial charge is 0.506 e. The van der Waals surface area contributed by atoms with Crippen molar-refractivity contribution >= 4 is 16.7 Å². The smallest absolute Gasteiger partial charge is 0.145 e. The van der Waals surface area contributed by atoms with Gasteiger partial charge in [0.2, 0.25) is 0 Å². The molecular formula is C23H29N3O4. The zero-order valence-electron chi connectivity index (χ0n) is 17.5. The summed E-state index contributed by atoms with van der Waals surface area (Å²) in [5.41, 5.74) is 7.72. The van der Waals surface area contributed by atoms with E-state index in [-0.39, 0.29) is 17.8 Å². The molecule has 0 spiro atoms. The van der Waals surface area contributed by atoms with Crippen LogP contribution in [0.25, 0.3) is 11.0 Å². The van der Waals surface area contributed by atoms with Gasteiger partial charge in [0, 0.05) is 17.7 Å². The number of hydrogen-bond acceptors (Lipinski definition) is 6. The molecule has 1 aliphatic rings. The number of imidazole rings is 1. The van der Waals surface area contributed by atoms with Crippen molar-refractivity contribution in [1.82, 2.24) is 9.55 Å². The molecule has 2 heterocycles. The summed E-state index contributed by atoms with van der Waals surface area (Å²) >= 11 is 0. The summed E-state index contributed by atoms with van der Waals surface area (Å²) in [5, 5.41) is 20.8. The van der Waals surface area contributed by atoms with Gasteiger partial charge in [-0.2, -0.15) is 0 Å². The minimum atomic E-state index is -0.904. The van der Waals surface area contributed by atoms with Gasteiger partial charge < -0.3 is 30.0 Å². The number of benzene rings is 2. The van der Waals surface area contributed by atoms with Gasteiger partial charge in [-0.3, -0.25) is 0 Å². The van der Waals surface area contributed by atoms with Crippen LogP contribution >= 0.6 is 0 Å². The Labute approximate surface area is 176 Å². The Balaban J connectivity index is 1.71. The zero-order chi connectivity index (χ0) is 21.5. The van der Waals surface area contributed by atoms with Crippen molar-refractivity contribution in [1.29, 1.82) is 0 Å². The minimum Gasteiger partial charge on any atom is -0.506 e. The van der Waals surface area contributed by atoms with Crippen molar-refractivity contribution in [3.63, 3.8) is 0 Å². The van der Waals surface area contributed by atoms with Crippen molar-refractivity contribution in [3.8, 4) is 5.75 Å². The molecule has 30 heavy (non-hydrogen) atoms. The van der Waals surface area contributed by atoms with Gasteiger partial charge in [0.15, 0.2) is 0 Å². The third-order valence-corrected chi connectivity index (χ3v) is 6.22. The van der Waals surface area contributed by atoms with E-state index in [0.717, 1.165) is 12.0 Å². The van der Waals surface area contributed by atoms with E-state index in [1.807, 2.05) is 41.8 Å². The van der Waals surface area contributed by atoms with Gasteiger partial charge in [-0.15, -0.1) is 0 Å². The molecule has 0 radical (unpaired) electrons. The van der Waals surface area contributed by atoms with Crippen LogP contribution < -0.4 is 5.73 Å². The summed E-state index contributed by atoms with van der Waals surface area (Å²) in [7, 11) is 0. The first-order chi connectivity index (χ1) is 14.3. The number of rotatable bonds is 6. The van der Waals surface area contributed by atoms with Crippen LogP contribution in [0.4, 0.5) is 5.69 Å². The number of ether oxygens (including phenoxy) is 2. The molecule has 7 nitrogen and oxygen atoms in total. The molecule has 7 heteroatoms. The van der Waals surface area contributed by atoms with Crippen LogP contribution in [0.5, 0.6) is 5.75 Å². The van der Waals surface area contributed by atoms with E-state index in [9.17, 15) is 10.2 Å². The summed E-state index contributed by atoms with van der Waals surface area (Å²) in [6.45, 7) is 6.13. The minimum absolute atomic E-state index is 0.0324. The molecule has 1 aliphatic heterocycles. The van der Waals surface area contributed by atoms with Gasteiger partial charge in [-0.1, -0.05) is 37.3 Å². The van der Waals surface area contributed by atoms with Crippen molar-refractivity contribution in [2.75, 3.05) is 5.73 Å². The first-order valence-corrected chi connectivity index (χ1v) is 10.3. The lowest BCUT2D eigenvalue weighted by Crippen LogP contribution is -2.48. The second-order valence-electron chi connectivity index (χ2n) is 8.22. The van der Waals surface area contributed by atoms with Crippen LogP contribution in [-0.4, -0.2) is 37.6 Å². The number of nitrogen functional groups attached to an aromatic ring is 1. The number of aliphatic hydroxyl groups is 1. The number of aromatic hydroxyl groups is 1. The number of phenols is 1. The molecule has 5 atom stereocenters. The van der Waals surface area contributed by atoms with Crippen LogP contribution in [0.1, 0.15) is 39.0 Å². The first-order valence-electron chi connectivity index (χ1n) is 10.3. The fourth-order valence-electron chi connectivity index (χ4n) is 4.39. The number of nitrogens with two attached hydrogens (primary N) is 1. The molecule has 0 aliphatic carbocycles. The number of aliphatic hydroxyl groups excluding tert-OH is 1. The third-order valence-electron chi connectivity index (χ3n) is 6.22. The van der Waals surface area contributed by atoms with E-state index in [2.05, 4.69) is 11.9 Å². The predicted octanol–water partition coefficient (Wildman–Crippen LogP) is 3.60. The zero-order valence-corrected chi connectivity index (χ0v) is 17.5. The average molecular weight is 412 g/mol. The number of hydrogen-bond donors (Lipinski definition) is 3. The van der Waals surface area contributed by atoms with Gasteiger partial charge in [-0.05, 0) is 31.9 Å². The highest BCUT2D eigenvalue weighted by Gasteiger charge is 2.55. The van der Waals surface area contributed by atoms with Crippen molar-refractivity contribution < 1.29 is 19.7 Å². The quantitative estimate of drug-likeness (QED) is 0.536. The summed E-state index contributed by atoms with van der Waals surface area (Å²) in [4.78, 5) is 4.36. The molecule has 3 aromatic rings. The average Bonchev–Trinajstić information content (AvgIpc) is 3.26. The van der Waals surface area contributed by atoms with E-state index in [1.54, 1.807) is 19.3 Å². The Morgan fingerprint density at radius 2 is 2.03 bits per heavy atom. The van der Waals surface area contributed by atoms with Gasteiger partial charge in [0.1, 0.15) is 23.1 Å². The van der Waals surface area contributed by atoms with E-state index in [0.29, 0.717) is 23.3 Å². The van der Waals surface area contributed by atoms with Crippen molar-refractivity contribution in [2.24, 2.45) is 5.92 Å². The van der Waals surface area contributed by atoms with E-state index in [1.165, 1.54) is 6.07 Å². The standard InChI is InChI=1S/C23H29N3O4/c1-4-17-21(29-12-15-8-6-5-7-9-15)23(3,14(2)27)30-22(17)26-13-25-20-18(26)10-16(24)11-19(20)28/h5-11,13-14,17,21-22,27-28H,4,12,24H2,1-3H3. The second kappa shape index (κ2) is 7.91. The highest BCUT2D eigenvalue weighted by atomic mass is 16.6. The molecule has 1 aromatic heterocycles. The van der Waals surface area contributed by atoms with Gasteiger partial charge >= 0.3 is 0 Å². The molecule has 2 aromatic carbocycles. The fraction of sp³-hybridized carbons (Fsp3) is 0.435. The molecule has 1 fully saturated rings. The van der Waals surface area contributed by atoms with E-state index < -0.39 is 17.9 Å². The lowest BCUT2D eigenvalue weighted by molar-refractivity contribution is -0.160. The van der Waals surface area contributed by atoms with Crippen LogP contribution in [0, 0.1) is 5.92 Å². The van der Waals surface area contributed by atoms with Gasteiger partial charge in [0.25, 0.3) is 0 Å². The van der Waals surface area contributed by atoms with Gasteiger partial charge in [0.05, 0.1) is 30.7 Å². The van der Waals surface area contributed by atoms with E-state index in [4.69, 9.17) is 15.2 Å². The monoisotopic (exact) mass is 411 g/mol. The molecule has 5 unspecified atom stereocenters. The van der Waals surface area contributed by atoms with Crippen molar-refractivity contribution in [2.45, 2.75) is 57.8 Å². The molecule has 1 saturated heterocycles. The summed E-state index contributed by atoms with van der Waals surface area (Å²) in [6.07, 6.45) is 0.937. The number of phenolic OH excluding ortho intramolecular Hbond substituents is 1. The summed E-state index contributed by atoms with van der Waals surface area (Å²) in [6, 6.07) is 13.2. The molecule has 4 rings (SSSR count). The van der Waals surface area contributed by atoms with Crippen LogP contribution in [0.15, 0.2) is 48.8 Å². The maximum Gasteiger partial charge on any atom is 0.145 e.